The van der Waals surface area contributed by atoms with Gasteiger partial charge in [-0.3, -0.25) is 0 Å². The first-order valence-corrected chi connectivity index (χ1v) is 5.66. The van der Waals surface area contributed by atoms with E-state index in [4.69, 9.17) is 9.47 Å². The molecular formula is C11H20N2O4. The average molecular weight is 244 g/mol. The molecule has 0 fully saturated rings. The quantitative estimate of drug-likeness (QED) is 0.558. The van der Waals surface area contributed by atoms with Crippen LogP contribution in [0.4, 0.5) is 9.59 Å². The molecule has 0 aliphatic heterocycles. The number of unbranched alkanes of at least 4 members (excludes halogenated alkanes) is 2. The molecule has 0 bridgehead atoms. The summed E-state index contributed by atoms with van der Waals surface area (Å²) in [7, 11) is 0. The Balaban J connectivity index is 3.83. The predicted molar refractivity (Wildman–Crippen MR) is 62.0 cm³/mol. The fourth-order valence-electron chi connectivity index (χ4n) is 0.904. The fraction of sp³-hybridized carbons (Fsp3) is 0.818. The molecule has 0 aliphatic rings. The maximum atomic E-state index is 11.0. The Morgan fingerprint density at radius 2 is 1.65 bits per heavy atom. The molecule has 0 aromatic rings. The predicted octanol–water partition coefficient (Wildman–Crippen LogP) is 3.70. The second kappa shape index (κ2) is 7.76. The van der Waals surface area contributed by atoms with Gasteiger partial charge >= 0.3 is 12.2 Å². The maximum Gasteiger partial charge on any atom is 0.453 e. The number of nitrogens with zero attached hydrogens (tertiary/aromatic N) is 2. The van der Waals surface area contributed by atoms with E-state index in [9.17, 15) is 9.59 Å². The van der Waals surface area contributed by atoms with Gasteiger partial charge in [-0.1, -0.05) is 30.0 Å². The second-order valence-corrected chi connectivity index (χ2v) is 4.50. The van der Waals surface area contributed by atoms with Crippen molar-refractivity contribution < 1.29 is 19.1 Å². The monoisotopic (exact) mass is 244 g/mol. The smallest absolute Gasteiger partial charge is 0.447 e. The third-order valence-corrected chi connectivity index (χ3v) is 1.58. The van der Waals surface area contributed by atoms with Crippen LogP contribution >= 0.6 is 0 Å². The molecule has 2 amide bonds. The van der Waals surface area contributed by atoms with Gasteiger partial charge < -0.3 is 9.47 Å². The van der Waals surface area contributed by atoms with Crippen LogP contribution in [-0.2, 0) is 9.47 Å². The number of hydrogen-bond donors (Lipinski definition) is 0. The van der Waals surface area contributed by atoms with Crippen LogP contribution in [0.25, 0.3) is 0 Å². The highest BCUT2D eigenvalue weighted by molar-refractivity contribution is 5.73. The zero-order chi connectivity index (χ0) is 13.3. The van der Waals surface area contributed by atoms with Crippen molar-refractivity contribution in [2.45, 2.75) is 52.6 Å². The molecule has 0 N–H and O–H groups in total. The van der Waals surface area contributed by atoms with Crippen molar-refractivity contribution >= 4 is 12.2 Å². The second-order valence-electron chi connectivity index (χ2n) is 4.50. The van der Waals surface area contributed by atoms with E-state index in [2.05, 4.69) is 10.2 Å². The number of azo groups is 1. The third-order valence-electron chi connectivity index (χ3n) is 1.58. The summed E-state index contributed by atoms with van der Waals surface area (Å²) in [6, 6.07) is 0. The highest BCUT2D eigenvalue weighted by Crippen LogP contribution is 2.08. The summed E-state index contributed by atoms with van der Waals surface area (Å²) in [5.74, 6) is 0. The number of amides is 2. The largest absolute Gasteiger partial charge is 0.453 e. The maximum absolute atomic E-state index is 11.0. The Morgan fingerprint density at radius 3 is 2.18 bits per heavy atom. The van der Waals surface area contributed by atoms with Gasteiger partial charge in [0.05, 0.1) is 6.61 Å². The lowest BCUT2D eigenvalue weighted by Crippen LogP contribution is -2.21. The summed E-state index contributed by atoms with van der Waals surface area (Å²) in [5, 5.41) is 6.19. The van der Waals surface area contributed by atoms with E-state index < -0.39 is 17.8 Å². The molecule has 0 atom stereocenters. The topological polar surface area (TPSA) is 77.3 Å². The highest BCUT2D eigenvalue weighted by Gasteiger charge is 2.16. The van der Waals surface area contributed by atoms with Crippen LogP contribution in [0.5, 0.6) is 0 Å². The lowest BCUT2D eigenvalue weighted by molar-refractivity contribution is 0.0586. The van der Waals surface area contributed by atoms with Crippen molar-refractivity contribution in [2.24, 2.45) is 10.2 Å². The van der Waals surface area contributed by atoms with Gasteiger partial charge in [0, 0.05) is 0 Å². The minimum absolute atomic E-state index is 0.292. The summed E-state index contributed by atoms with van der Waals surface area (Å²) in [6.07, 6.45) is 1.03. The van der Waals surface area contributed by atoms with E-state index in [0.29, 0.717) is 6.61 Å². The Morgan fingerprint density at radius 1 is 1.06 bits per heavy atom. The lowest BCUT2D eigenvalue weighted by Gasteiger charge is -2.16. The number of hydrogen-bond acceptors (Lipinski definition) is 4. The molecule has 0 rings (SSSR count). The van der Waals surface area contributed by atoms with E-state index in [1.165, 1.54) is 0 Å². The highest BCUT2D eigenvalue weighted by atomic mass is 16.6. The standard InChI is InChI=1S/C11H20N2O4/c1-5-6-7-8-16-9(14)12-13-10(15)17-11(2,3)4/h5-8H2,1-4H3. The van der Waals surface area contributed by atoms with Crippen molar-refractivity contribution in [3.05, 3.63) is 0 Å². The van der Waals surface area contributed by atoms with Crippen LogP contribution in [0.1, 0.15) is 47.0 Å². The van der Waals surface area contributed by atoms with Crippen LogP contribution in [0.3, 0.4) is 0 Å². The van der Waals surface area contributed by atoms with Crippen molar-refractivity contribution in [3.8, 4) is 0 Å². The third kappa shape index (κ3) is 10.8. The Kier molecular flexibility index (Phi) is 7.09. The van der Waals surface area contributed by atoms with Gasteiger partial charge in [-0.15, -0.1) is 0 Å². The number of carbonyl (C=O) groups is 2. The average Bonchev–Trinajstić information content (AvgIpc) is 2.19. The summed E-state index contributed by atoms with van der Waals surface area (Å²) in [6.45, 7) is 7.43. The zero-order valence-corrected chi connectivity index (χ0v) is 10.9. The molecule has 6 nitrogen and oxygen atoms in total. The molecule has 0 saturated heterocycles. The van der Waals surface area contributed by atoms with Gasteiger partial charge in [0.25, 0.3) is 0 Å². The van der Waals surface area contributed by atoms with Gasteiger partial charge in [0.2, 0.25) is 0 Å². The van der Waals surface area contributed by atoms with Gasteiger partial charge in [-0.2, -0.15) is 0 Å². The van der Waals surface area contributed by atoms with Crippen molar-refractivity contribution in [1.82, 2.24) is 0 Å². The minimum atomic E-state index is -0.900. The van der Waals surface area contributed by atoms with Crippen LogP contribution in [0.15, 0.2) is 10.2 Å². The van der Waals surface area contributed by atoms with Crippen LogP contribution in [0.2, 0.25) is 0 Å². The first-order valence-electron chi connectivity index (χ1n) is 5.66. The first kappa shape index (κ1) is 15.5. The van der Waals surface area contributed by atoms with Gasteiger partial charge in [-0.05, 0) is 27.2 Å². The lowest BCUT2D eigenvalue weighted by atomic mass is 10.2. The Bertz CT molecular complexity index is 282. The molecule has 0 aromatic carbocycles. The Hall–Kier alpha value is -1.46. The molecule has 17 heavy (non-hydrogen) atoms. The van der Waals surface area contributed by atoms with Crippen LogP contribution in [-0.4, -0.2) is 24.4 Å². The number of carbonyl (C=O) groups excluding carboxylic acids is 2. The molecule has 0 aromatic heterocycles. The van der Waals surface area contributed by atoms with Gasteiger partial charge in [-0.25, -0.2) is 9.59 Å². The summed E-state index contributed by atoms with van der Waals surface area (Å²) in [5.41, 5.74) is -0.652. The molecule has 0 saturated carbocycles. The molecule has 0 spiro atoms. The SMILES string of the molecule is CCCCCOC(=O)N=NC(=O)OC(C)(C)C. The van der Waals surface area contributed by atoms with Gasteiger partial charge in [0.15, 0.2) is 0 Å². The van der Waals surface area contributed by atoms with E-state index in [1.54, 1.807) is 20.8 Å². The van der Waals surface area contributed by atoms with E-state index in [-0.39, 0.29) is 0 Å². The normalized spacial score (nSPS) is 11.5. The Labute approximate surface area is 101 Å². The van der Waals surface area contributed by atoms with E-state index in [0.717, 1.165) is 19.3 Å². The van der Waals surface area contributed by atoms with Crippen molar-refractivity contribution in [1.29, 1.82) is 0 Å². The molecular weight excluding hydrogens is 224 g/mol. The van der Waals surface area contributed by atoms with Crippen LogP contribution in [0, 0.1) is 0 Å². The fourth-order valence-corrected chi connectivity index (χ4v) is 0.904. The number of ether oxygens (including phenoxy) is 2. The zero-order valence-electron chi connectivity index (χ0n) is 10.9. The summed E-state index contributed by atoms with van der Waals surface area (Å²) in [4.78, 5) is 22.0. The van der Waals surface area contributed by atoms with E-state index >= 15 is 0 Å². The van der Waals surface area contributed by atoms with Crippen molar-refractivity contribution in [2.75, 3.05) is 6.61 Å². The number of rotatable bonds is 4. The van der Waals surface area contributed by atoms with E-state index in [1.807, 2.05) is 6.92 Å². The minimum Gasteiger partial charge on any atom is -0.447 e. The molecule has 0 unspecified atom stereocenters. The van der Waals surface area contributed by atoms with Crippen LogP contribution < -0.4 is 0 Å². The molecule has 98 valence electrons. The summed E-state index contributed by atoms with van der Waals surface area (Å²) < 4.78 is 9.54. The molecule has 6 heteroatoms. The van der Waals surface area contributed by atoms with Crippen molar-refractivity contribution in [3.63, 3.8) is 0 Å². The first-order chi connectivity index (χ1) is 7.85. The molecule has 0 heterocycles. The molecule has 0 aliphatic carbocycles. The van der Waals surface area contributed by atoms with Gasteiger partial charge in [0.1, 0.15) is 5.60 Å². The summed E-state index contributed by atoms with van der Waals surface area (Å²) >= 11 is 0. The molecule has 0 radical (unpaired) electrons.